The molecule has 0 saturated heterocycles. The van der Waals surface area contributed by atoms with Crippen LogP contribution in [-0.2, 0) is 9.47 Å². The minimum absolute atomic E-state index is 0.158. The highest BCUT2D eigenvalue weighted by Gasteiger charge is 2.14. The van der Waals surface area contributed by atoms with E-state index in [-0.39, 0.29) is 11.5 Å². The Balaban J connectivity index is 2.00. The second-order valence-corrected chi connectivity index (χ2v) is 5.49. The van der Waals surface area contributed by atoms with Crippen molar-refractivity contribution in [3.63, 3.8) is 0 Å². The molecule has 0 saturated carbocycles. The number of fused-ring (bicyclic) bond motifs is 1. The lowest BCUT2D eigenvalue weighted by atomic mass is 10.0. The number of benzene rings is 2. The molecule has 0 unspecified atom stereocenters. The molecule has 1 heterocycles. The van der Waals surface area contributed by atoms with Crippen LogP contribution in [0.4, 0.5) is 0 Å². The second kappa shape index (κ2) is 7.23. The van der Waals surface area contributed by atoms with Gasteiger partial charge in [-0.25, -0.2) is 14.4 Å². The van der Waals surface area contributed by atoms with Gasteiger partial charge in [0, 0.05) is 5.39 Å². The van der Waals surface area contributed by atoms with Crippen molar-refractivity contribution in [3.8, 4) is 11.1 Å². The summed E-state index contributed by atoms with van der Waals surface area (Å²) in [7, 11) is 1.20. The van der Waals surface area contributed by atoms with Crippen molar-refractivity contribution in [2.75, 3.05) is 13.7 Å². The zero-order chi connectivity index (χ0) is 18.7. The van der Waals surface area contributed by atoms with Crippen LogP contribution in [0.1, 0.15) is 27.6 Å². The summed E-state index contributed by atoms with van der Waals surface area (Å²) in [5, 5.41) is 0.594. The highest BCUT2D eigenvalue weighted by molar-refractivity contribution is 5.94. The summed E-state index contributed by atoms with van der Waals surface area (Å²) in [4.78, 5) is 35.2. The SMILES string of the molecule is CCOC(=O)c1ccc(-c2ccc3oc(=O)c(C(=O)OC)cc3c2)cc1. The van der Waals surface area contributed by atoms with E-state index in [2.05, 4.69) is 4.74 Å². The first-order valence-electron chi connectivity index (χ1n) is 7.97. The van der Waals surface area contributed by atoms with E-state index in [1.54, 1.807) is 49.4 Å². The van der Waals surface area contributed by atoms with Crippen molar-refractivity contribution in [2.24, 2.45) is 0 Å². The van der Waals surface area contributed by atoms with E-state index in [1.807, 2.05) is 0 Å². The third kappa shape index (κ3) is 3.35. The van der Waals surface area contributed by atoms with Gasteiger partial charge in [-0.05, 0) is 48.4 Å². The van der Waals surface area contributed by atoms with E-state index in [1.165, 1.54) is 13.2 Å². The average molecular weight is 352 g/mol. The molecule has 0 bridgehead atoms. The highest BCUT2D eigenvalue weighted by atomic mass is 16.5. The van der Waals surface area contributed by atoms with Crippen LogP contribution in [0.15, 0.2) is 57.7 Å². The third-order valence-corrected chi connectivity index (χ3v) is 3.87. The second-order valence-electron chi connectivity index (χ2n) is 5.49. The summed E-state index contributed by atoms with van der Waals surface area (Å²) in [5.74, 6) is -1.12. The van der Waals surface area contributed by atoms with Crippen molar-refractivity contribution in [1.29, 1.82) is 0 Å². The Morgan fingerprint density at radius 3 is 2.31 bits per heavy atom. The van der Waals surface area contributed by atoms with E-state index in [4.69, 9.17) is 9.15 Å². The van der Waals surface area contributed by atoms with Crippen LogP contribution in [0, 0.1) is 0 Å². The fourth-order valence-electron chi connectivity index (χ4n) is 2.57. The van der Waals surface area contributed by atoms with Crippen molar-refractivity contribution < 1.29 is 23.5 Å². The van der Waals surface area contributed by atoms with Gasteiger partial charge in [-0.3, -0.25) is 0 Å². The van der Waals surface area contributed by atoms with Gasteiger partial charge in [-0.2, -0.15) is 0 Å². The summed E-state index contributed by atoms with van der Waals surface area (Å²) in [6, 6.07) is 13.7. The lowest BCUT2D eigenvalue weighted by Gasteiger charge is -2.06. The van der Waals surface area contributed by atoms with E-state index in [0.29, 0.717) is 23.1 Å². The molecule has 0 N–H and O–H groups in total. The van der Waals surface area contributed by atoms with Crippen LogP contribution in [0.3, 0.4) is 0 Å². The molecule has 1 aromatic heterocycles. The number of carbonyl (C=O) groups excluding carboxylic acids is 2. The van der Waals surface area contributed by atoms with Crippen LogP contribution < -0.4 is 5.63 Å². The summed E-state index contributed by atoms with van der Waals surface area (Å²) in [6.07, 6.45) is 0. The zero-order valence-corrected chi connectivity index (χ0v) is 14.3. The smallest absolute Gasteiger partial charge is 0.351 e. The summed E-state index contributed by atoms with van der Waals surface area (Å²) < 4.78 is 14.7. The average Bonchev–Trinajstić information content (AvgIpc) is 2.67. The van der Waals surface area contributed by atoms with Gasteiger partial charge in [0.05, 0.1) is 19.3 Å². The maximum atomic E-state index is 11.8. The first-order valence-corrected chi connectivity index (χ1v) is 7.97. The lowest BCUT2D eigenvalue weighted by Crippen LogP contribution is -2.14. The quantitative estimate of drug-likeness (QED) is 0.528. The van der Waals surface area contributed by atoms with Crippen molar-refractivity contribution in [2.45, 2.75) is 6.92 Å². The van der Waals surface area contributed by atoms with Gasteiger partial charge in [0.15, 0.2) is 0 Å². The maximum absolute atomic E-state index is 11.8. The highest BCUT2D eigenvalue weighted by Crippen LogP contribution is 2.25. The fourth-order valence-corrected chi connectivity index (χ4v) is 2.57. The fraction of sp³-hybridized carbons (Fsp3) is 0.150. The van der Waals surface area contributed by atoms with Crippen LogP contribution in [0.2, 0.25) is 0 Å². The molecule has 0 aliphatic heterocycles. The predicted molar refractivity (Wildman–Crippen MR) is 95.2 cm³/mol. The first-order chi connectivity index (χ1) is 12.5. The Hall–Kier alpha value is -3.41. The zero-order valence-electron chi connectivity index (χ0n) is 14.3. The molecule has 26 heavy (non-hydrogen) atoms. The molecule has 0 aliphatic carbocycles. The molecule has 6 nitrogen and oxygen atoms in total. The molecule has 0 atom stereocenters. The number of rotatable bonds is 4. The summed E-state index contributed by atoms with van der Waals surface area (Å²) in [5.41, 5.74) is 1.65. The Bertz CT molecular complexity index is 1030. The van der Waals surface area contributed by atoms with Gasteiger partial charge < -0.3 is 13.9 Å². The molecule has 0 radical (unpaired) electrons. The van der Waals surface area contributed by atoms with Gasteiger partial charge in [-0.15, -0.1) is 0 Å². The molecule has 3 aromatic rings. The topological polar surface area (TPSA) is 82.8 Å². The molecular formula is C20H16O6. The normalized spacial score (nSPS) is 10.5. The predicted octanol–water partition coefficient (Wildman–Crippen LogP) is 3.42. The first kappa shape index (κ1) is 17.4. The Labute approximate surface area is 149 Å². The van der Waals surface area contributed by atoms with Crippen LogP contribution in [-0.4, -0.2) is 25.7 Å². The van der Waals surface area contributed by atoms with Gasteiger partial charge >= 0.3 is 17.6 Å². The van der Waals surface area contributed by atoms with Crippen LogP contribution in [0.5, 0.6) is 0 Å². The monoisotopic (exact) mass is 352 g/mol. The number of hydrogen-bond donors (Lipinski definition) is 0. The number of methoxy groups -OCH3 is 1. The molecule has 3 rings (SSSR count). The van der Waals surface area contributed by atoms with Gasteiger partial charge in [0.25, 0.3) is 0 Å². The molecule has 0 aliphatic rings. The van der Waals surface area contributed by atoms with E-state index >= 15 is 0 Å². The largest absolute Gasteiger partial charge is 0.465 e. The summed E-state index contributed by atoms with van der Waals surface area (Å²) >= 11 is 0. The molecular weight excluding hydrogens is 336 g/mol. The molecule has 0 spiro atoms. The van der Waals surface area contributed by atoms with Crippen molar-refractivity contribution >= 4 is 22.9 Å². The molecule has 0 fully saturated rings. The van der Waals surface area contributed by atoms with Crippen LogP contribution >= 0.6 is 0 Å². The molecule has 6 heteroatoms. The van der Waals surface area contributed by atoms with E-state index in [9.17, 15) is 14.4 Å². The summed E-state index contributed by atoms with van der Waals surface area (Å²) in [6.45, 7) is 2.07. The van der Waals surface area contributed by atoms with Gasteiger partial charge in [0.2, 0.25) is 0 Å². The molecule has 0 amide bonds. The third-order valence-electron chi connectivity index (χ3n) is 3.87. The lowest BCUT2D eigenvalue weighted by molar-refractivity contribution is 0.0525. The van der Waals surface area contributed by atoms with Gasteiger partial charge in [0.1, 0.15) is 11.1 Å². The Morgan fingerprint density at radius 2 is 1.65 bits per heavy atom. The number of hydrogen-bond acceptors (Lipinski definition) is 6. The van der Waals surface area contributed by atoms with Crippen molar-refractivity contribution in [1.82, 2.24) is 0 Å². The number of esters is 2. The van der Waals surface area contributed by atoms with E-state index < -0.39 is 11.6 Å². The van der Waals surface area contributed by atoms with Gasteiger partial charge in [-0.1, -0.05) is 18.2 Å². The number of ether oxygens (including phenoxy) is 2. The minimum atomic E-state index is -0.746. The Kier molecular flexibility index (Phi) is 4.84. The molecule has 132 valence electrons. The van der Waals surface area contributed by atoms with E-state index in [0.717, 1.165) is 11.1 Å². The number of carbonyl (C=O) groups is 2. The van der Waals surface area contributed by atoms with Crippen molar-refractivity contribution in [3.05, 3.63) is 70.1 Å². The maximum Gasteiger partial charge on any atom is 0.351 e. The Morgan fingerprint density at radius 1 is 0.962 bits per heavy atom. The van der Waals surface area contributed by atoms with Crippen LogP contribution in [0.25, 0.3) is 22.1 Å². The minimum Gasteiger partial charge on any atom is -0.465 e. The molecule has 2 aromatic carbocycles. The standard InChI is InChI=1S/C20H16O6/c1-3-25-18(21)13-6-4-12(5-7-13)14-8-9-17-15(10-14)11-16(19(22)24-2)20(23)26-17/h4-11H,3H2,1-2H3.